The Bertz CT molecular complexity index is 1440. The zero-order chi connectivity index (χ0) is 25.7. The zero-order valence-corrected chi connectivity index (χ0v) is 20.0. The van der Waals surface area contributed by atoms with Crippen LogP contribution in [-0.2, 0) is 11.3 Å². The highest BCUT2D eigenvalue weighted by atomic mass is 19.3. The number of likely N-dealkylation sites (tertiary alicyclic amines) is 1. The number of hydrogen-bond donors (Lipinski definition) is 1. The molecule has 1 N–H and O–H groups in total. The monoisotopic (exact) mass is 519 g/mol. The van der Waals surface area contributed by atoms with Crippen molar-refractivity contribution >= 4 is 22.5 Å². The van der Waals surface area contributed by atoms with Gasteiger partial charge in [-0.25, -0.2) is 27.1 Å². The van der Waals surface area contributed by atoms with Gasteiger partial charge in [-0.1, -0.05) is 6.07 Å². The molecule has 1 atom stereocenters. The molecular weight excluding hydrogens is 494 g/mol. The molecule has 2 aliphatic rings. The van der Waals surface area contributed by atoms with Gasteiger partial charge in [-0.3, -0.25) is 4.90 Å². The van der Waals surface area contributed by atoms with Crippen molar-refractivity contribution in [2.75, 3.05) is 38.7 Å². The van der Waals surface area contributed by atoms with E-state index in [1.54, 1.807) is 29.3 Å². The Morgan fingerprint density at radius 1 is 1.24 bits per heavy atom. The van der Waals surface area contributed by atoms with Crippen molar-refractivity contribution in [2.45, 2.75) is 37.4 Å². The Kier molecular flexibility index (Phi) is 5.91. The number of hydrogen-bond acceptors (Lipinski definition) is 7. The normalized spacial score (nSPS) is 20.5. The first-order chi connectivity index (χ1) is 17.8. The summed E-state index contributed by atoms with van der Waals surface area (Å²) in [6.07, 6.45) is 0.789. The summed E-state index contributed by atoms with van der Waals surface area (Å²) in [5.41, 5.74) is 3.12. The predicted octanol–water partition coefficient (Wildman–Crippen LogP) is 3.54. The second-order valence-electron chi connectivity index (χ2n) is 9.37. The number of ether oxygens (including phenoxy) is 2. The van der Waals surface area contributed by atoms with Gasteiger partial charge in [0.25, 0.3) is 12.3 Å². The van der Waals surface area contributed by atoms with E-state index in [0.29, 0.717) is 41.9 Å². The number of anilines is 1. The summed E-state index contributed by atoms with van der Waals surface area (Å²) in [6.45, 7) is 0.691. The third kappa shape index (κ3) is 4.35. The van der Waals surface area contributed by atoms with Gasteiger partial charge in [0.05, 0.1) is 62.9 Å². The molecule has 0 bridgehead atoms. The highest BCUT2D eigenvalue weighted by Gasteiger charge is 2.47. The molecule has 0 unspecified atom stereocenters. The maximum Gasteiger partial charge on any atom is 0.280 e. The molecule has 37 heavy (non-hydrogen) atoms. The van der Waals surface area contributed by atoms with Crippen LogP contribution in [0, 0.1) is 0 Å². The molecule has 2 fully saturated rings. The van der Waals surface area contributed by atoms with Gasteiger partial charge in [0.1, 0.15) is 5.52 Å². The van der Waals surface area contributed by atoms with E-state index in [1.165, 1.54) is 22.5 Å². The summed E-state index contributed by atoms with van der Waals surface area (Å²) in [7, 11) is 1.44. The van der Waals surface area contributed by atoms with E-state index in [0.717, 1.165) is 5.56 Å². The molecule has 5 heterocycles. The Balaban J connectivity index is 1.30. The van der Waals surface area contributed by atoms with Crippen LogP contribution in [-0.4, -0.2) is 86.9 Å². The number of halogens is 4. The number of aromatic nitrogens is 5. The second-order valence-corrected chi connectivity index (χ2v) is 9.37. The van der Waals surface area contributed by atoms with Crippen LogP contribution in [0.5, 0.6) is 5.88 Å². The van der Waals surface area contributed by atoms with Gasteiger partial charge in [0.15, 0.2) is 0 Å². The molecule has 0 radical (unpaired) electrons. The lowest BCUT2D eigenvalue weighted by Crippen LogP contribution is -2.61. The molecule has 9 nitrogen and oxygen atoms in total. The molecule has 196 valence electrons. The number of benzene rings is 1. The maximum atomic E-state index is 15.0. The number of methoxy groups -OCH3 is 1. The van der Waals surface area contributed by atoms with Crippen LogP contribution < -0.4 is 10.1 Å². The number of nitrogens with one attached hydrogen (secondary N) is 1. The Morgan fingerprint density at radius 3 is 2.78 bits per heavy atom. The highest BCUT2D eigenvalue weighted by molar-refractivity contribution is 5.89. The van der Waals surface area contributed by atoms with Gasteiger partial charge in [-0.15, -0.1) is 5.10 Å². The fraction of sp³-hybridized carbons (Fsp3) is 0.458. The Labute approximate surface area is 209 Å². The van der Waals surface area contributed by atoms with Crippen LogP contribution in [0.3, 0.4) is 0 Å². The average Bonchev–Trinajstić information content (AvgIpc) is 3.42. The second kappa shape index (κ2) is 9.14. The molecule has 0 saturated carbocycles. The third-order valence-corrected chi connectivity index (χ3v) is 7.01. The van der Waals surface area contributed by atoms with E-state index in [9.17, 15) is 17.6 Å². The van der Waals surface area contributed by atoms with Crippen LogP contribution in [0.25, 0.3) is 27.7 Å². The smallest absolute Gasteiger partial charge is 0.280 e. The fourth-order valence-electron chi connectivity index (χ4n) is 4.99. The van der Waals surface area contributed by atoms with E-state index in [2.05, 4.69) is 20.4 Å². The van der Waals surface area contributed by atoms with Crippen LogP contribution >= 0.6 is 0 Å². The van der Waals surface area contributed by atoms with Crippen molar-refractivity contribution in [1.29, 1.82) is 0 Å². The van der Waals surface area contributed by atoms with Crippen LogP contribution in [0.4, 0.5) is 23.5 Å². The molecule has 4 aromatic rings. The lowest BCUT2D eigenvalue weighted by atomic mass is 9.98. The number of rotatable bonds is 7. The van der Waals surface area contributed by atoms with E-state index < -0.39 is 24.9 Å². The van der Waals surface area contributed by atoms with Gasteiger partial charge in [-0.2, -0.15) is 4.98 Å². The SMILES string of the molecule is COc1nc(N[C@@H]2CCN(C3COC3)CC2(F)F)nn2ccc(-c3ccc4ncn(CC(F)F)c4c3)c12. The standard InChI is InChI=1S/C24H25F4N7O2/c1-36-22-21-16(14-2-3-17-18(8-14)34(13-29-17)9-20(25)26)4-7-35(21)32-23(31-22)30-19-5-6-33(12-24(19,27)28)15-10-37-11-15/h2-4,7-8,13,15,19-20H,5-6,9-12H2,1H3,(H,30,32)/t19-/m1/s1. The van der Waals surface area contributed by atoms with Crippen LogP contribution in [0.2, 0.25) is 0 Å². The van der Waals surface area contributed by atoms with Crippen molar-refractivity contribution in [3.8, 4) is 17.0 Å². The van der Waals surface area contributed by atoms with Crippen molar-refractivity contribution in [3.05, 3.63) is 36.8 Å². The van der Waals surface area contributed by atoms with E-state index >= 15 is 0 Å². The zero-order valence-electron chi connectivity index (χ0n) is 20.0. The van der Waals surface area contributed by atoms with Gasteiger partial charge in [-0.05, 0) is 30.2 Å². The van der Waals surface area contributed by atoms with Crippen molar-refractivity contribution < 1.29 is 27.0 Å². The summed E-state index contributed by atoms with van der Waals surface area (Å²) in [5, 5.41) is 7.23. The first-order valence-corrected chi connectivity index (χ1v) is 12.0. The topological polar surface area (TPSA) is 81.7 Å². The Morgan fingerprint density at radius 2 is 2.08 bits per heavy atom. The van der Waals surface area contributed by atoms with Gasteiger partial charge in [0.2, 0.25) is 11.8 Å². The number of piperidine rings is 1. The first kappa shape index (κ1) is 23.9. The molecule has 2 aliphatic heterocycles. The summed E-state index contributed by atoms with van der Waals surface area (Å²) >= 11 is 0. The van der Waals surface area contributed by atoms with E-state index in [4.69, 9.17) is 9.47 Å². The highest BCUT2D eigenvalue weighted by Crippen LogP contribution is 2.35. The Hall–Kier alpha value is -3.45. The van der Waals surface area contributed by atoms with Crippen LogP contribution in [0.15, 0.2) is 36.8 Å². The van der Waals surface area contributed by atoms with E-state index in [1.807, 2.05) is 6.07 Å². The van der Waals surface area contributed by atoms with Crippen molar-refractivity contribution in [2.24, 2.45) is 0 Å². The van der Waals surface area contributed by atoms with E-state index in [-0.39, 0.29) is 30.8 Å². The summed E-state index contributed by atoms with van der Waals surface area (Å²) in [4.78, 5) is 10.3. The largest absolute Gasteiger partial charge is 0.479 e. The lowest BCUT2D eigenvalue weighted by Gasteiger charge is -2.44. The van der Waals surface area contributed by atoms with Gasteiger partial charge < -0.3 is 19.4 Å². The number of nitrogens with zero attached hydrogens (tertiary/aromatic N) is 6. The number of alkyl halides is 4. The third-order valence-electron chi connectivity index (χ3n) is 7.01. The molecule has 13 heteroatoms. The molecule has 6 rings (SSSR count). The van der Waals surface area contributed by atoms with Crippen molar-refractivity contribution in [3.63, 3.8) is 0 Å². The molecular formula is C24H25F4N7O2. The number of fused-ring (bicyclic) bond motifs is 2. The maximum absolute atomic E-state index is 15.0. The summed E-state index contributed by atoms with van der Waals surface area (Å²) in [6, 6.07) is 6.06. The minimum atomic E-state index is -2.97. The van der Waals surface area contributed by atoms with Crippen LogP contribution in [0.1, 0.15) is 6.42 Å². The molecule has 1 aromatic carbocycles. The predicted molar refractivity (Wildman–Crippen MR) is 127 cm³/mol. The van der Waals surface area contributed by atoms with Gasteiger partial charge in [0, 0.05) is 18.3 Å². The minimum absolute atomic E-state index is 0.0297. The summed E-state index contributed by atoms with van der Waals surface area (Å²) < 4.78 is 69.5. The molecule has 0 amide bonds. The quantitative estimate of drug-likeness (QED) is 0.374. The molecule has 0 spiro atoms. The summed E-state index contributed by atoms with van der Waals surface area (Å²) in [5.74, 6) is -2.74. The molecule has 2 saturated heterocycles. The first-order valence-electron chi connectivity index (χ1n) is 12.0. The minimum Gasteiger partial charge on any atom is -0.479 e. The average molecular weight is 520 g/mol. The molecule has 3 aromatic heterocycles. The van der Waals surface area contributed by atoms with Gasteiger partial charge >= 0.3 is 0 Å². The molecule has 0 aliphatic carbocycles. The number of imidazole rings is 1. The fourth-order valence-corrected chi connectivity index (χ4v) is 4.99. The van der Waals surface area contributed by atoms with Crippen molar-refractivity contribution in [1.82, 2.24) is 29.0 Å². The lowest BCUT2D eigenvalue weighted by molar-refractivity contribution is -0.131.